The highest BCUT2D eigenvalue weighted by Crippen LogP contribution is 2.30. The van der Waals surface area contributed by atoms with Gasteiger partial charge in [0.1, 0.15) is 20.5 Å². The van der Waals surface area contributed by atoms with Crippen LogP contribution in [-0.2, 0) is 14.8 Å². The zero-order chi connectivity index (χ0) is 22.1. The van der Waals surface area contributed by atoms with Crippen LogP contribution in [0.4, 0.5) is 11.6 Å². The average Bonchev–Trinajstić information content (AvgIpc) is 3.32. The third kappa shape index (κ3) is 4.32. The number of amides is 1. The van der Waals surface area contributed by atoms with Gasteiger partial charge in [-0.3, -0.25) is 4.79 Å². The number of benzene rings is 1. The van der Waals surface area contributed by atoms with E-state index in [0.717, 1.165) is 16.9 Å². The Morgan fingerprint density at radius 3 is 2.60 bits per heavy atom. The smallest absolute Gasteiger partial charge is 0.339 e. The second-order valence-corrected chi connectivity index (χ2v) is 9.07. The maximum atomic E-state index is 12.8. The molecule has 0 saturated carbocycles. The number of nitrogens with one attached hydrogen (secondary N) is 2. The molecule has 0 aliphatic heterocycles. The minimum Gasteiger partial charge on any atom is -0.465 e. The van der Waals surface area contributed by atoms with Crippen LogP contribution in [0.1, 0.15) is 31.3 Å². The lowest BCUT2D eigenvalue weighted by Gasteiger charge is -2.11. The number of hydrogen-bond acceptors (Lipinski definition) is 8. The monoisotopic (exact) mass is 469 g/mol. The number of sulfonamides is 1. The van der Waals surface area contributed by atoms with E-state index in [0.29, 0.717) is 5.69 Å². The maximum absolute atomic E-state index is 12.8. The largest absolute Gasteiger partial charge is 0.465 e. The second kappa shape index (κ2) is 8.46. The van der Waals surface area contributed by atoms with Crippen molar-refractivity contribution in [3.63, 3.8) is 0 Å². The summed E-state index contributed by atoms with van der Waals surface area (Å²) in [5.41, 5.74) is 1.44. The van der Waals surface area contributed by atoms with Gasteiger partial charge >= 0.3 is 5.97 Å². The van der Waals surface area contributed by atoms with E-state index in [-0.39, 0.29) is 31.9 Å². The van der Waals surface area contributed by atoms with Crippen molar-refractivity contribution in [3.05, 3.63) is 56.4 Å². The fourth-order valence-electron chi connectivity index (χ4n) is 2.50. The molecule has 1 aromatic carbocycles. The summed E-state index contributed by atoms with van der Waals surface area (Å²) in [6.45, 7) is 3.33. The molecule has 2 N–H and O–H groups in total. The van der Waals surface area contributed by atoms with E-state index in [2.05, 4.69) is 15.2 Å². The van der Waals surface area contributed by atoms with Crippen LogP contribution >= 0.6 is 22.9 Å². The van der Waals surface area contributed by atoms with Gasteiger partial charge in [0.2, 0.25) is 0 Å². The fourth-order valence-corrected chi connectivity index (χ4v) is 4.99. The molecule has 2 heterocycles. The van der Waals surface area contributed by atoms with Crippen molar-refractivity contribution in [1.29, 1.82) is 0 Å². The first kappa shape index (κ1) is 21.8. The number of ether oxygens (including phenoxy) is 1. The lowest BCUT2D eigenvalue weighted by atomic mass is 10.1. The van der Waals surface area contributed by atoms with Crippen molar-refractivity contribution in [2.24, 2.45) is 0 Å². The molecule has 0 aliphatic carbocycles. The molecule has 30 heavy (non-hydrogen) atoms. The molecule has 0 unspecified atom stereocenters. The van der Waals surface area contributed by atoms with Gasteiger partial charge in [-0.25, -0.2) is 17.9 Å². The number of anilines is 2. The van der Waals surface area contributed by atoms with Crippen LogP contribution in [-0.4, -0.2) is 32.6 Å². The van der Waals surface area contributed by atoms with Crippen molar-refractivity contribution in [2.45, 2.75) is 18.7 Å². The highest BCUT2D eigenvalue weighted by Gasteiger charge is 2.27. The average molecular weight is 470 g/mol. The Kier molecular flexibility index (Phi) is 6.15. The Bertz CT molecular complexity index is 1230. The maximum Gasteiger partial charge on any atom is 0.339 e. The number of aryl methyl sites for hydroxylation is 2. The number of hydrogen-bond donors (Lipinski definition) is 2. The van der Waals surface area contributed by atoms with Gasteiger partial charge < -0.3 is 14.6 Å². The summed E-state index contributed by atoms with van der Waals surface area (Å²) < 4.78 is 37.3. The SMILES string of the molecule is COC(=O)c1cc(C)ccc1NC(=O)c1sccc1S(=O)(=O)Nc1onc(C)c1Cl. The van der Waals surface area contributed by atoms with Gasteiger partial charge in [0.15, 0.2) is 0 Å². The number of methoxy groups -OCH3 is 1. The summed E-state index contributed by atoms with van der Waals surface area (Å²) in [5.74, 6) is -1.59. The number of carbonyl (C=O) groups is 2. The quantitative estimate of drug-likeness (QED) is 0.525. The van der Waals surface area contributed by atoms with Crippen LogP contribution in [0.3, 0.4) is 0 Å². The van der Waals surface area contributed by atoms with Crippen LogP contribution < -0.4 is 10.0 Å². The van der Waals surface area contributed by atoms with E-state index in [4.69, 9.17) is 20.9 Å². The Balaban J connectivity index is 1.91. The molecule has 0 atom stereocenters. The minimum absolute atomic E-state index is 0.0159. The fraction of sp³-hybridized carbons (Fsp3) is 0.167. The first-order chi connectivity index (χ1) is 14.1. The summed E-state index contributed by atoms with van der Waals surface area (Å²) >= 11 is 6.88. The number of thiophene rings is 1. The first-order valence-electron chi connectivity index (χ1n) is 8.36. The Morgan fingerprint density at radius 2 is 1.97 bits per heavy atom. The molecule has 0 radical (unpaired) electrons. The molecule has 0 saturated heterocycles. The van der Waals surface area contributed by atoms with Gasteiger partial charge in [0, 0.05) is 0 Å². The number of esters is 1. The van der Waals surface area contributed by atoms with E-state index in [1.54, 1.807) is 26.0 Å². The molecule has 9 nitrogen and oxygen atoms in total. The number of nitrogens with zero attached hydrogens (tertiary/aromatic N) is 1. The molecule has 0 bridgehead atoms. The molecule has 0 aliphatic rings. The molecule has 0 spiro atoms. The lowest BCUT2D eigenvalue weighted by molar-refractivity contribution is 0.0602. The van der Waals surface area contributed by atoms with Crippen molar-refractivity contribution in [2.75, 3.05) is 17.1 Å². The van der Waals surface area contributed by atoms with Crippen LogP contribution in [0, 0.1) is 13.8 Å². The van der Waals surface area contributed by atoms with Gasteiger partial charge in [-0.15, -0.1) is 11.3 Å². The summed E-state index contributed by atoms with van der Waals surface area (Å²) in [5, 5.41) is 7.61. The van der Waals surface area contributed by atoms with E-state index in [9.17, 15) is 18.0 Å². The van der Waals surface area contributed by atoms with Crippen molar-refractivity contribution >= 4 is 56.4 Å². The topological polar surface area (TPSA) is 128 Å². The van der Waals surface area contributed by atoms with Gasteiger partial charge in [-0.2, -0.15) is 0 Å². The van der Waals surface area contributed by atoms with Gasteiger partial charge in [-0.1, -0.05) is 28.4 Å². The highest BCUT2D eigenvalue weighted by molar-refractivity contribution is 7.93. The third-order valence-corrected chi connectivity index (χ3v) is 6.83. The number of aromatic nitrogens is 1. The van der Waals surface area contributed by atoms with Gasteiger partial charge in [-0.05, 0) is 37.4 Å². The first-order valence-corrected chi connectivity index (χ1v) is 11.1. The molecule has 0 fully saturated rings. The summed E-state index contributed by atoms with van der Waals surface area (Å²) in [4.78, 5) is 24.5. The van der Waals surface area contributed by atoms with Gasteiger partial charge in [0.05, 0.1) is 18.4 Å². The third-order valence-electron chi connectivity index (χ3n) is 3.97. The van der Waals surface area contributed by atoms with Crippen LogP contribution in [0.15, 0.2) is 39.1 Å². The van der Waals surface area contributed by atoms with E-state index in [1.165, 1.54) is 24.6 Å². The van der Waals surface area contributed by atoms with E-state index >= 15 is 0 Å². The number of halogens is 1. The van der Waals surface area contributed by atoms with Crippen molar-refractivity contribution < 1.29 is 27.3 Å². The predicted molar refractivity (Wildman–Crippen MR) is 112 cm³/mol. The molecule has 1 amide bonds. The van der Waals surface area contributed by atoms with E-state index in [1.807, 2.05) is 0 Å². The molecular weight excluding hydrogens is 454 g/mol. The Hall–Kier alpha value is -2.89. The normalized spacial score (nSPS) is 11.2. The zero-order valence-electron chi connectivity index (χ0n) is 16.0. The highest BCUT2D eigenvalue weighted by atomic mass is 35.5. The van der Waals surface area contributed by atoms with Crippen molar-refractivity contribution in [1.82, 2.24) is 5.16 Å². The molecule has 3 aromatic rings. The second-order valence-electron chi connectivity index (χ2n) is 6.13. The summed E-state index contributed by atoms with van der Waals surface area (Å²) in [6.07, 6.45) is 0. The van der Waals surface area contributed by atoms with Gasteiger partial charge in [0.25, 0.3) is 21.8 Å². The molecular formula is C18H16ClN3O6S2. The van der Waals surface area contributed by atoms with Crippen LogP contribution in [0.2, 0.25) is 5.02 Å². The molecule has 158 valence electrons. The van der Waals surface area contributed by atoms with E-state index < -0.39 is 21.9 Å². The lowest BCUT2D eigenvalue weighted by Crippen LogP contribution is -2.19. The standard InChI is InChI=1S/C18H16ClN3O6S2/c1-9-4-5-12(11(8-9)18(24)27-3)20-16(23)15-13(6-7-29-15)30(25,26)22-17-14(19)10(2)21-28-17/h4-8,22H,1-3H3,(H,20,23). The number of carbonyl (C=O) groups excluding carboxylic acids is 2. The summed E-state index contributed by atoms with van der Waals surface area (Å²) in [7, 11) is -2.97. The Morgan fingerprint density at radius 1 is 1.23 bits per heavy atom. The Labute approximate surface area is 181 Å². The van der Waals surface area contributed by atoms with Crippen molar-refractivity contribution in [3.8, 4) is 0 Å². The molecule has 12 heteroatoms. The summed E-state index contributed by atoms with van der Waals surface area (Å²) in [6, 6.07) is 6.07. The minimum atomic E-state index is -4.20. The molecule has 3 rings (SSSR count). The van der Waals surface area contributed by atoms with Crippen LogP contribution in [0.25, 0.3) is 0 Å². The predicted octanol–water partition coefficient (Wildman–Crippen LogP) is 3.85. The van der Waals surface area contributed by atoms with Crippen LogP contribution in [0.5, 0.6) is 0 Å². The zero-order valence-corrected chi connectivity index (χ0v) is 18.4. The molecule has 2 aromatic heterocycles. The number of rotatable bonds is 6.